The van der Waals surface area contributed by atoms with E-state index in [0.29, 0.717) is 32.6 Å². The maximum atomic E-state index is 13.5. The molecule has 1 aliphatic heterocycles. The van der Waals surface area contributed by atoms with Crippen molar-refractivity contribution in [2.45, 2.75) is 45.4 Å². The monoisotopic (exact) mass is 618 g/mol. The van der Waals surface area contributed by atoms with Crippen LogP contribution in [0.2, 0.25) is 0 Å². The molecule has 0 radical (unpaired) electrons. The van der Waals surface area contributed by atoms with E-state index in [1.54, 1.807) is 26.0 Å². The fourth-order valence-electron chi connectivity index (χ4n) is 5.26. The Morgan fingerprint density at radius 2 is 1.90 bits per heavy atom. The molecule has 2 aromatic heterocycles. The molecule has 0 spiro atoms. The summed E-state index contributed by atoms with van der Waals surface area (Å²) in [5.74, 6) is -2.30. The molecule has 42 heavy (non-hydrogen) atoms. The van der Waals surface area contributed by atoms with Gasteiger partial charge in [-0.1, -0.05) is 36.0 Å². The number of nitriles is 1. The smallest absolute Gasteiger partial charge is 0.341 e. The largest absolute Gasteiger partial charge is 0.462 e. The summed E-state index contributed by atoms with van der Waals surface area (Å²) in [7, 11) is 0. The molecule has 0 bridgehead atoms. The van der Waals surface area contributed by atoms with E-state index >= 15 is 0 Å². The molecule has 0 saturated heterocycles. The molecule has 0 saturated carbocycles. The van der Waals surface area contributed by atoms with Gasteiger partial charge in [0.25, 0.3) is 5.91 Å². The molecule has 8 nitrogen and oxygen atoms in total. The molecule has 0 fully saturated rings. The highest BCUT2D eigenvalue weighted by molar-refractivity contribution is 8.14. The van der Waals surface area contributed by atoms with Crippen molar-refractivity contribution in [2.75, 3.05) is 23.0 Å². The third kappa shape index (κ3) is 6.36. The number of rotatable bonds is 8. The summed E-state index contributed by atoms with van der Waals surface area (Å²) >= 11 is 4.10. The second kappa shape index (κ2) is 13.5. The van der Waals surface area contributed by atoms with Crippen molar-refractivity contribution in [1.29, 1.82) is 5.26 Å². The highest BCUT2D eigenvalue weighted by Gasteiger charge is 2.39. The molecule has 1 aliphatic carbocycles. The van der Waals surface area contributed by atoms with Crippen molar-refractivity contribution in [3.8, 4) is 6.07 Å². The van der Waals surface area contributed by atoms with E-state index < -0.39 is 17.8 Å². The van der Waals surface area contributed by atoms with Gasteiger partial charge >= 0.3 is 5.97 Å². The van der Waals surface area contributed by atoms with Crippen LogP contribution in [0.1, 0.15) is 58.3 Å². The first-order valence-electron chi connectivity index (χ1n) is 13.7. The first kappa shape index (κ1) is 29.8. The van der Waals surface area contributed by atoms with Gasteiger partial charge < -0.3 is 15.4 Å². The lowest BCUT2D eigenvalue weighted by Crippen LogP contribution is -2.31. The average Bonchev–Trinajstić information content (AvgIpc) is 3.64. The zero-order chi connectivity index (χ0) is 29.6. The number of anilines is 2. The third-order valence-corrected chi connectivity index (χ3v) is 10.3. The van der Waals surface area contributed by atoms with Gasteiger partial charge in [-0.05, 0) is 68.7 Å². The number of aryl methyl sites for hydroxylation is 1. The zero-order valence-electron chi connectivity index (χ0n) is 23.3. The maximum Gasteiger partial charge on any atom is 0.341 e. The molecule has 2 N–H and O–H groups in total. The minimum absolute atomic E-state index is 0.00215. The Bertz CT molecular complexity index is 1590. The van der Waals surface area contributed by atoms with E-state index in [-0.39, 0.29) is 24.2 Å². The number of hydrogen-bond donors (Lipinski definition) is 2. The quantitative estimate of drug-likeness (QED) is 0.268. The molecule has 3 heterocycles. The molecule has 2 atom stereocenters. The molecule has 3 aromatic rings. The second-order valence-electron chi connectivity index (χ2n) is 9.84. The topological polar surface area (TPSA) is 121 Å². The number of benzene rings is 1. The highest BCUT2D eigenvalue weighted by atomic mass is 32.2. The summed E-state index contributed by atoms with van der Waals surface area (Å²) < 4.78 is 5.30. The van der Waals surface area contributed by atoms with Crippen molar-refractivity contribution in [2.24, 2.45) is 10.9 Å². The Balaban J connectivity index is 1.38. The normalized spacial score (nSPS) is 18.0. The van der Waals surface area contributed by atoms with E-state index in [2.05, 4.69) is 21.7 Å². The molecule has 1 aromatic carbocycles. The number of nitrogens with one attached hydrogen (secondary N) is 2. The summed E-state index contributed by atoms with van der Waals surface area (Å²) in [6.45, 7) is 3.78. The summed E-state index contributed by atoms with van der Waals surface area (Å²) in [5, 5.41) is 19.1. The Labute approximate surface area is 256 Å². The first-order valence-corrected chi connectivity index (χ1v) is 16.4. The fraction of sp³-hybridized carbons (Fsp3) is 0.323. The Kier molecular flexibility index (Phi) is 9.57. The number of thioether (sulfide) groups is 1. The summed E-state index contributed by atoms with van der Waals surface area (Å²) in [6.07, 6.45) is 3.73. The summed E-state index contributed by atoms with van der Waals surface area (Å²) in [5.41, 5.74) is 3.04. The Hall–Kier alpha value is -3.72. The van der Waals surface area contributed by atoms with Crippen molar-refractivity contribution in [3.63, 3.8) is 0 Å². The number of aliphatic imine (C=N–C) groups is 1. The summed E-state index contributed by atoms with van der Waals surface area (Å²) in [6, 6.07) is 15.3. The molecule has 2 unspecified atom stereocenters. The number of esters is 1. The first-order chi connectivity index (χ1) is 20.4. The molecule has 5 rings (SSSR count). The minimum atomic E-state index is -0.745. The van der Waals surface area contributed by atoms with Crippen LogP contribution in [0.5, 0.6) is 0 Å². The summed E-state index contributed by atoms with van der Waals surface area (Å²) in [4.78, 5) is 46.1. The van der Waals surface area contributed by atoms with Gasteiger partial charge in [0.2, 0.25) is 5.91 Å². The van der Waals surface area contributed by atoms with Crippen LogP contribution >= 0.6 is 34.4 Å². The number of carbonyl (C=O) groups excluding carboxylic acids is 3. The van der Waals surface area contributed by atoms with Crippen LogP contribution < -0.4 is 10.6 Å². The van der Waals surface area contributed by atoms with Crippen LogP contribution in [0.4, 0.5) is 10.7 Å². The number of fused-ring (bicyclic) bond motifs is 1. The van der Waals surface area contributed by atoms with Crippen LogP contribution in [0.3, 0.4) is 0 Å². The lowest BCUT2D eigenvalue weighted by Gasteiger charge is -2.29. The van der Waals surface area contributed by atoms with Gasteiger partial charge in [-0.2, -0.15) is 5.26 Å². The Morgan fingerprint density at radius 3 is 2.62 bits per heavy atom. The predicted molar refractivity (Wildman–Crippen MR) is 169 cm³/mol. The van der Waals surface area contributed by atoms with E-state index in [9.17, 15) is 19.6 Å². The van der Waals surface area contributed by atoms with Gasteiger partial charge in [0.1, 0.15) is 10.9 Å². The van der Waals surface area contributed by atoms with Crippen LogP contribution in [-0.2, 0) is 27.2 Å². The molecule has 2 amide bonds. The van der Waals surface area contributed by atoms with E-state index in [1.165, 1.54) is 34.4 Å². The number of ether oxygens (including phenoxy) is 1. The molecule has 11 heteroatoms. The van der Waals surface area contributed by atoms with E-state index in [4.69, 9.17) is 4.74 Å². The van der Waals surface area contributed by atoms with Gasteiger partial charge in [-0.25, -0.2) is 9.79 Å². The van der Waals surface area contributed by atoms with E-state index in [0.717, 1.165) is 41.0 Å². The van der Waals surface area contributed by atoms with Gasteiger partial charge in [-0.3, -0.25) is 9.59 Å². The van der Waals surface area contributed by atoms with Crippen molar-refractivity contribution < 1.29 is 19.1 Å². The zero-order valence-corrected chi connectivity index (χ0v) is 25.7. The van der Waals surface area contributed by atoms with Crippen molar-refractivity contribution in [3.05, 3.63) is 80.0 Å². The standard InChI is InChI=1S/C31H30N4O4S3/c1-3-39-31(38)27-20-12-7-8-13-22(20)42-30(27)35-24(36)17-41-29-21(16-32)26(23-14-9-15-40-23)25(18(2)33-29)28(37)34-19-10-5-4-6-11-19/h4-6,9-11,14-15,21,26H,3,7-8,12-13,17H2,1-2H3,(H,34,37)(H,35,36). The van der Waals surface area contributed by atoms with Crippen molar-refractivity contribution >= 4 is 68.0 Å². The highest BCUT2D eigenvalue weighted by Crippen LogP contribution is 2.43. The predicted octanol–water partition coefficient (Wildman–Crippen LogP) is 6.79. The second-order valence-corrected chi connectivity index (χ2v) is 12.9. The molecular formula is C31H30N4O4S3. The number of carbonyl (C=O) groups is 3. The number of allylic oxidation sites excluding steroid dienone is 1. The lowest BCUT2D eigenvalue weighted by molar-refractivity contribution is -0.114. The van der Waals surface area contributed by atoms with Gasteiger partial charge in [0, 0.05) is 32.6 Å². The Morgan fingerprint density at radius 1 is 1.12 bits per heavy atom. The van der Waals surface area contributed by atoms with Gasteiger partial charge in [-0.15, -0.1) is 22.7 Å². The average molecular weight is 619 g/mol. The third-order valence-electron chi connectivity index (χ3n) is 7.10. The van der Waals surface area contributed by atoms with Gasteiger partial charge in [0.05, 0.1) is 29.0 Å². The molecule has 216 valence electrons. The SMILES string of the molecule is CCOC(=O)c1c(NC(=O)CSC2=NC(C)=C(C(=O)Nc3ccccc3)C(c3cccs3)C2C#N)sc2c1CCCC2. The van der Waals surface area contributed by atoms with Crippen LogP contribution in [0.15, 0.2) is 64.1 Å². The maximum absolute atomic E-state index is 13.5. The van der Waals surface area contributed by atoms with Gasteiger partial charge in [0.15, 0.2) is 0 Å². The van der Waals surface area contributed by atoms with Crippen molar-refractivity contribution in [1.82, 2.24) is 0 Å². The number of para-hydroxylation sites is 1. The van der Waals surface area contributed by atoms with Crippen LogP contribution in [0.25, 0.3) is 0 Å². The van der Waals surface area contributed by atoms with Crippen LogP contribution in [0, 0.1) is 17.2 Å². The number of thiophene rings is 2. The minimum Gasteiger partial charge on any atom is -0.462 e. The number of nitrogens with zero attached hydrogens (tertiary/aromatic N) is 2. The molecule has 2 aliphatic rings. The van der Waals surface area contributed by atoms with Crippen LogP contribution in [-0.4, -0.2) is 35.2 Å². The molecular weight excluding hydrogens is 589 g/mol. The number of hydrogen-bond acceptors (Lipinski definition) is 9. The lowest BCUT2D eigenvalue weighted by atomic mass is 9.82. The number of amides is 2. The fourth-order valence-corrected chi connectivity index (χ4v) is 8.34. The van der Waals surface area contributed by atoms with E-state index in [1.807, 2.05) is 35.7 Å².